The maximum absolute atomic E-state index is 12.0. The molecule has 1 amide bonds. The summed E-state index contributed by atoms with van der Waals surface area (Å²) in [5.41, 5.74) is 1.21. The van der Waals surface area contributed by atoms with Crippen LogP contribution in [0.2, 0.25) is 0 Å². The second-order valence-corrected chi connectivity index (χ2v) is 6.36. The van der Waals surface area contributed by atoms with E-state index in [2.05, 4.69) is 28.3 Å². The smallest absolute Gasteiger partial charge is 0.407 e. The van der Waals surface area contributed by atoms with Crippen LogP contribution in [0.15, 0.2) is 24.5 Å². The highest BCUT2D eigenvalue weighted by Gasteiger charge is 2.33. The normalized spacial score (nSPS) is 25.0. The Hall–Kier alpha value is -1.37. The topological polar surface area (TPSA) is 63.7 Å². The molecular formula is C17H26ClN3O3. The number of aromatic nitrogens is 1. The van der Waals surface area contributed by atoms with Crippen LogP contribution in [0.1, 0.15) is 30.9 Å². The quantitative estimate of drug-likeness (QED) is 0.898. The molecular weight excluding hydrogens is 330 g/mol. The summed E-state index contributed by atoms with van der Waals surface area (Å²) in [7, 11) is 2.12. The first-order valence-corrected chi connectivity index (χ1v) is 8.36. The maximum Gasteiger partial charge on any atom is 0.407 e. The zero-order valence-corrected chi connectivity index (χ0v) is 14.8. The van der Waals surface area contributed by atoms with Gasteiger partial charge in [0, 0.05) is 37.8 Å². The maximum atomic E-state index is 12.0. The number of nitrogens with one attached hydrogen (secondary N) is 1. The van der Waals surface area contributed by atoms with Gasteiger partial charge in [-0.2, -0.15) is 0 Å². The Morgan fingerprint density at radius 2 is 2.21 bits per heavy atom. The molecule has 1 aromatic heterocycles. The number of rotatable bonds is 4. The molecule has 0 spiro atoms. The van der Waals surface area contributed by atoms with Gasteiger partial charge in [0.25, 0.3) is 0 Å². The van der Waals surface area contributed by atoms with Gasteiger partial charge in [-0.25, -0.2) is 4.79 Å². The van der Waals surface area contributed by atoms with Crippen molar-refractivity contribution in [2.45, 2.75) is 31.4 Å². The van der Waals surface area contributed by atoms with E-state index in [-0.39, 0.29) is 24.6 Å². The predicted molar refractivity (Wildman–Crippen MR) is 93.3 cm³/mol. The van der Waals surface area contributed by atoms with Gasteiger partial charge in [-0.05, 0) is 37.6 Å². The summed E-state index contributed by atoms with van der Waals surface area (Å²) < 4.78 is 10.7. The second kappa shape index (κ2) is 9.20. The average Bonchev–Trinajstić information content (AvgIpc) is 2.95. The lowest BCUT2D eigenvalue weighted by molar-refractivity contribution is 0.00130. The van der Waals surface area contributed by atoms with Crippen molar-refractivity contribution in [3.05, 3.63) is 30.1 Å². The summed E-state index contributed by atoms with van der Waals surface area (Å²) in [6, 6.07) is 4.37. The molecule has 0 radical (unpaired) electrons. The van der Waals surface area contributed by atoms with E-state index in [9.17, 15) is 4.79 Å². The Labute approximate surface area is 149 Å². The fourth-order valence-corrected chi connectivity index (χ4v) is 3.52. The van der Waals surface area contributed by atoms with Crippen molar-refractivity contribution in [2.75, 3.05) is 33.4 Å². The first-order valence-electron chi connectivity index (χ1n) is 8.36. The molecule has 6 nitrogen and oxygen atoms in total. The van der Waals surface area contributed by atoms with Crippen LogP contribution < -0.4 is 5.32 Å². The van der Waals surface area contributed by atoms with Gasteiger partial charge in [-0.15, -0.1) is 12.4 Å². The lowest BCUT2D eigenvalue weighted by Crippen LogP contribution is -2.36. The molecule has 1 aromatic rings. The van der Waals surface area contributed by atoms with E-state index >= 15 is 0 Å². The number of hydrogen-bond acceptors (Lipinski definition) is 5. The molecule has 0 unspecified atom stereocenters. The van der Waals surface area contributed by atoms with Gasteiger partial charge in [0.15, 0.2) is 0 Å². The lowest BCUT2D eigenvalue weighted by atomic mass is 9.95. The molecule has 2 fully saturated rings. The molecule has 2 atom stereocenters. The Bertz CT molecular complexity index is 511. The molecule has 3 heterocycles. The van der Waals surface area contributed by atoms with Gasteiger partial charge in [-0.1, -0.05) is 6.07 Å². The largest absolute Gasteiger partial charge is 0.446 e. The summed E-state index contributed by atoms with van der Waals surface area (Å²) in [6.07, 6.45) is 6.03. The molecule has 24 heavy (non-hydrogen) atoms. The summed E-state index contributed by atoms with van der Waals surface area (Å²) in [5.74, 6) is 0.381. The van der Waals surface area contributed by atoms with Crippen LogP contribution in [-0.2, 0) is 9.47 Å². The Morgan fingerprint density at radius 1 is 1.42 bits per heavy atom. The Kier molecular flexibility index (Phi) is 7.27. The van der Waals surface area contributed by atoms with Crippen molar-refractivity contribution < 1.29 is 14.3 Å². The molecule has 7 heteroatoms. The second-order valence-electron chi connectivity index (χ2n) is 6.36. The van der Waals surface area contributed by atoms with Crippen molar-refractivity contribution >= 4 is 18.5 Å². The number of halogens is 1. The molecule has 2 saturated heterocycles. The van der Waals surface area contributed by atoms with Gasteiger partial charge >= 0.3 is 6.09 Å². The van der Waals surface area contributed by atoms with Crippen molar-refractivity contribution in [3.8, 4) is 0 Å². The van der Waals surface area contributed by atoms with E-state index in [1.54, 1.807) is 6.20 Å². The first kappa shape index (κ1) is 19.0. The minimum Gasteiger partial charge on any atom is -0.446 e. The molecule has 2 aliphatic rings. The van der Waals surface area contributed by atoms with Crippen LogP contribution in [0.4, 0.5) is 4.79 Å². The first-order chi connectivity index (χ1) is 11.2. The third-order valence-electron chi connectivity index (χ3n) is 4.75. The Balaban J connectivity index is 0.00000208. The van der Waals surface area contributed by atoms with Gasteiger partial charge in [0.05, 0.1) is 13.2 Å². The molecule has 0 bridgehead atoms. The monoisotopic (exact) mass is 355 g/mol. The van der Waals surface area contributed by atoms with Crippen molar-refractivity contribution in [3.63, 3.8) is 0 Å². The SMILES string of the molecule is CN1CC[C@@H](CNC(=O)OC2CCOCC2)[C@@H]1c1cccnc1.Cl. The van der Waals surface area contributed by atoms with Crippen molar-refractivity contribution in [1.29, 1.82) is 0 Å². The minimum absolute atomic E-state index is 0. The highest BCUT2D eigenvalue weighted by molar-refractivity contribution is 5.85. The molecule has 134 valence electrons. The van der Waals surface area contributed by atoms with E-state index in [1.165, 1.54) is 5.56 Å². The van der Waals surface area contributed by atoms with Crippen molar-refractivity contribution in [1.82, 2.24) is 15.2 Å². The Morgan fingerprint density at radius 3 is 2.92 bits per heavy atom. The number of ether oxygens (including phenoxy) is 2. The van der Waals surface area contributed by atoms with E-state index in [0.717, 1.165) is 25.8 Å². The zero-order valence-electron chi connectivity index (χ0n) is 14.0. The van der Waals surface area contributed by atoms with E-state index < -0.39 is 0 Å². The molecule has 0 saturated carbocycles. The van der Waals surface area contributed by atoms with Crippen LogP contribution in [0.3, 0.4) is 0 Å². The van der Waals surface area contributed by atoms with Crippen molar-refractivity contribution in [2.24, 2.45) is 5.92 Å². The third-order valence-corrected chi connectivity index (χ3v) is 4.75. The van der Waals surface area contributed by atoms with E-state index in [4.69, 9.17) is 9.47 Å². The number of carbonyl (C=O) groups excluding carboxylic acids is 1. The fraction of sp³-hybridized carbons (Fsp3) is 0.647. The minimum atomic E-state index is -0.309. The molecule has 3 rings (SSSR count). The van der Waals surface area contributed by atoms with Gasteiger partial charge in [0.1, 0.15) is 6.10 Å². The van der Waals surface area contributed by atoms with Gasteiger partial charge < -0.3 is 14.8 Å². The number of amides is 1. The molecule has 0 aliphatic carbocycles. The summed E-state index contributed by atoms with van der Waals surface area (Å²) in [6.45, 7) is 3.01. The van der Waals surface area contributed by atoms with Crippen LogP contribution in [0.5, 0.6) is 0 Å². The summed E-state index contributed by atoms with van der Waals surface area (Å²) >= 11 is 0. The fourth-order valence-electron chi connectivity index (χ4n) is 3.52. The number of pyridine rings is 1. The van der Waals surface area contributed by atoms with Crippen LogP contribution in [-0.4, -0.2) is 55.4 Å². The number of nitrogens with zero attached hydrogens (tertiary/aromatic N) is 2. The zero-order chi connectivity index (χ0) is 16.1. The summed E-state index contributed by atoms with van der Waals surface area (Å²) in [5, 5.41) is 2.94. The van der Waals surface area contributed by atoms with Crippen LogP contribution in [0, 0.1) is 5.92 Å². The number of hydrogen-bond donors (Lipinski definition) is 1. The van der Waals surface area contributed by atoms with Gasteiger partial charge in [0.2, 0.25) is 0 Å². The van der Waals surface area contributed by atoms with Crippen LogP contribution >= 0.6 is 12.4 Å². The highest BCUT2D eigenvalue weighted by atomic mass is 35.5. The molecule has 0 aromatic carbocycles. The van der Waals surface area contributed by atoms with E-state index in [1.807, 2.05) is 12.3 Å². The molecule has 1 N–H and O–H groups in total. The third kappa shape index (κ3) is 4.82. The van der Waals surface area contributed by atoms with E-state index in [0.29, 0.717) is 31.7 Å². The number of likely N-dealkylation sites (tertiary alicyclic amines) is 1. The number of alkyl carbamates (subject to hydrolysis) is 1. The van der Waals surface area contributed by atoms with Gasteiger partial charge in [-0.3, -0.25) is 9.88 Å². The van der Waals surface area contributed by atoms with Crippen LogP contribution in [0.25, 0.3) is 0 Å². The number of carbonyl (C=O) groups is 1. The molecule has 2 aliphatic heterocycles. The lowest BCUT2D eigenvalue weighted by Gasteiger charge is -2.26. The standard InChI is InChI=1S/C17H25N3O3.ClH/c1-20-8-4-14(16(20)13-3-2-7-18-11-13)12-19-17(21)23-15-5-9-22-10-6-15;/h2-3,7,11,14-16H,4-6,8-10,12H2,1H3,(H,19,21);1H/t14-,16-;/m0./s1. The predicted octanol–water partition coefficient (Wildman–Crippen LogP) is 2.40. The average molecular weight is 356 g/mol. The summed E-state index contributed by atoms with van der Waals surface area (Å²) in [4.78, 5) is 18.5. The highest BCUT2D eigenvalue weighted by Crippen LogP contribution is 2.35.